The lowest BCUT2D eigenvalue weighted by molar-refractivity contribution is 0.0153. The van der Waals surface area contributed by atoms with Crippen LogP contribution in [0.25, 0.3) is 0 Å². The average molecular weight is 196 g/mol. The van der Waals surface area contributed by atoms with Gasteiger partial charge in [0.05, 0.1) is 0 Å². The van der Waals surface area contributed by atoms with E-state index >= 15 is 0 Å². The minimum absolute atomic E-state index is 0.143. The zero-order chi connectivity index (χ0) is 10.8. The topological polar surface area (TPSA) is 68.1 Å². The molecular formula is C10H16N2O2. The number of nitrogens with one attached hydrogen (secondary N) is 1. The average Bonchev–Trinajstić information content (AvgIpc) is 2.17. The van der Waals surface area contributed by atoms with E-state index in [9.17, 15) is 4.79 Å². The SMILES string of the molecule is COC(C)(C)c1ccc(CN)c(=O)[nH]1. The summed E-state index contributed by atoms with van der Waals surface area (Å²) in [5, 5.41) is 0. The number of H-pyrrole nitrogens is 1. The van der Waals surface area contributed by atoms with Crippen molar-refractivity contribution in [1.82, 2.24) is 4.98 Å². The molecule has 1 rings (SSSR count). The molecule has 0 bridgehead atoms. The summed E-state index contributed by atoms with van der Waals surface area (Å²) in [5.41, 5.74) is 6.10. The largest absolute Gasteiger partial charge is 0.373 e. The van der Waals surface area contributed by atoms with Gasteiger partial charge < -0.3 is 15.5 Å². The van der Waals surface area contributed by atoms with E-state index in [0.29, 0.717) is 5.56 Å². The Morgan fingerprint density at radius 1 is 1.50 bits per heavy atom. The van der Waals surface area contributed by atoms with Crippen molar-refractivity contribution in [2.75, 3.05) is 7.11 Å². The molecular weight excluding hydrogens is 180 g/mol. The maximum Gasteiger partial charge on any atom is 0.252 e. The molecule has 14 heavy (non-hydrogen) atoms. The first-order chi connectivity index (χ1) is 6.51. The fourth-order valence-electron chi connectivity index (χ4n) is 1.13. The predicted octanol–water partition coefficient (Wildman–Crippen LogP) is 0.715. The molecule has 1 heterocycles. The molecule has 0 aliphatic heterocycles. The molecule has 0 saturated heterocycles. The van der Waals surface area contributed by atoms with E-state index in [1.165, 1.54) is 0 Å². The van der Waals surface area contributed by atoms with E-state index in [4.69, 9.17) is 10.5 Å². The highest BCUT2D eigenvalue weighted by molar-refractivity contribution is 5.17. The van der Waals surface area contributed by atoms with Crippen LogP contribution in [0, 0.1) is 0 Å². The molecule has 0 atom stereocenters. The molecule has 4 nitrogen and oxygen atoms in total. The molecule has 3 N–H and O–H groups in total. The molecule has 4 heteroatoms. The van der Waals surface area contributed by atoms with Gasteiger partial charge in [0, 0.05) is 24.9 Å². The molecule has 0 aliphatic rings. The summed E-state index contributed by atoms with van der Waals surface area (Å²) in [6, 6.07) is 3.56. The first kappa shape index (κ1) is 10.9. The number of rotatable bonds is 3. The van der Waals surface area contributed by atoms with Crippen LogP contribution in [0.15, 0.2) is 16.9 Å². The predicted molar refractivity (Wildman–Crippen MR) is 55.0 cm³/mol. The number of methoxy groups -OCH3 is 1. The van der Waals surface area contributed by atoms with Crippen LogP contribution in [0.1, 0.15) is 25.1 Å². The summed E-state index contributed by atoms with van der Waals surface area (Å²) in [6.07, 6.45) is 0. The van der Waals surface area contributed by atoms with Gasteiger partial charge in [-0.1, -0.05) is 6.07 Å². The van der Waals surface area contributed by atoms with Gasteiger partial charge in [0.25, 0.3) is 5.56 Å². The van der Waals surface area contributed by atoms with Gasteiger partial charge in [-0.25, -0.2) is 0 Å². The van der Waals surface area contributed by atoms with Crippen molar-refractivity contribution >= 4 is 0 Å². The van der Waals surface area contributed by atoms with Crippen LogP contribution in [0.2, 0.25) is 0 Å². The van der Waals surface area contributed by atoms with Crippen molar-refractivity contribution in [3.8, 4) is 0 Å². The van der Waals surface area contributed by atoms with Crippen LogP contribution >= 0.6 is 0 Å². The maximum absolute atomic E-state index is 11.4. The summed E-state index contributed by atoms with van der Waals surface area (Å²) in [6.45, 7) is 4.03. The number of ether oxygens (including phenoxy) is 1. The van der Waals surface area contributed by atoms with E-state index in [2.05, 4.69) is 4.98 Å². The Morgan fingerprint density at radius 2 is 2.14 bits per heavy atom. The molecule has 0 amide bonds. The Morgan fingerprint density at radius 3 is 2.57 bits per heavy atom. The van der Waals surface area contributed by atoms with Gasteiger partial charge in [0.2, 0.25) is 0 Å². The van der Waals surface area contributed by atoms with Crippen molar-refractivity contribution in [2.45, 2.75) is 26.0 Å². The maximum atomic E-state index is 11.4. The number of pyridine rings is 1. The van der Waals surface area contributed by atoms with Gasteiger partial charge in [-0.05, 0) is 19.9 Å². The first-order valence-corrected chi connectivity index (χ1v) is 4.49. The Hall–Kier alpha value is -1.13. The minimum Gasteiger partial charge on any atom is -0.373 e. The highest BCUT2D eigenvalue weighted by atomic mass is 16.5. The number of hydrogen-bond acceptors (Lipinski definition) is 3. The summed E-state index contributed by atoms with van der Waals surface area (Å²) < 4.78 is 5.25. The third-order valence-electron chi connectivity index (χ3n) is 2.37. The smallest absolute Gasteiger partial charge is 0.252 e. The van der Waals surface area contributed by atoms with E-state index < -0.39 is 5.60 Å². The molecule has 0 saturated carbocycles. The zero-order valence-corrected chi connectivity index (χ0v) is 8.76. The molecule has 0 aromatic carbocycles. The molecule has 0 unspecified atom stereocenters. The second-order valence-corrected chi connectivity index (χ2v) is 3.64. The summed E-state index contributed by atoms with van der Waals surface area (Å²) in [7, 11) is 1.61. The Bertz CT molecular complexity index is 369. The summed E-state index contributed by atoms with van der Waals surface area (Å²) >= 11 is 0. The van der Waals surface area contributed by atoms with Crippen LogP contribution in [0.4, 0.5) is 0 Å². The molecule has 0 fully saturated rings. The van der Waals surface area contributed by atoms with Crippen molar-refractivity contribution in [2.24, 2.45) is 5.73 Å². The minimum atomic E-state index is -0.480. The summed E-state index contributed by atoms with van der Waals surface area (Å²) in [5.74, 6) is 0. The molecule has 78 valence electrons. The summed E-state index contributed by atoms with van der Waals surface area (Å²) in [4.78, 5) is 14.2. The normalized spacial score (nSPS) is 11.7. The fourth-order valence-corrected chi connectivity index (χ4v) is 1.13. The van der Waals surface area contributed by atoms with Crippen molar-refractivity contribution < 1.29 is 4.74 Å². The lowest BCUT2D eigenvalue weighted by Gasteiger charge is -2.22. The Kier molecular flexibility index (Phi) is 3.08. The lowest BCUT2D eigenvalue weighted by atomic mass is 10.0. The number of hydrogen-bond donors (Lipinski definition) is 2. The van der Waals surface area contributed by atoms with Crippen LogP contribution in [-0.4, -0.2) is 12.1 Å². The molecule has 0 aliphatic carbocycles. The van der Waals surface area contributed by atoms with Crippen molar-refractivity contribution in [3.63, 3.8) is 0 Å². The van der Waals surface area contributed by atoms with E-state index in [1.807, 2.05) is 19.9 Å². The standard InChI is InChI=1S/C10H16N2O2/c1-10(2,14-3)8-5-4-7(6-11)9(13)12-8/h4-5H,6,11H2,1-3H3,(H,12,13). The highest BCUT2D eigenvalue weighted by Crippen LogP contribution is 2.20. The number of nitrogens with two attached hydrogens (primary N) is 1. The third-order valence-corrected chi connectivity index (χ3v) is 2.37. The molecule has 0 radical (unpaired) electrons. The van der Waals surface area contributed by atoms with E-state index in [0.717, 1.165) is 5.69 Å². The lowest BCUT2D eigenvalue weighted by Crippen LogP contribution is -2.26. The van der Waals surface area contributed by atoms with Crippen LogP contribution in [0.5, 0.6) is 0 Å². The molecule has 1 aromatic rings. The van der Waals surface area contributed by atoms with Crippen molar-refractivity contribution in [3.05, 3.63) is 33.7 Å². The van der Waals surface area contributed by atoms with E-state index in [1.54, 1.807) is 13.2 Å². The van der Waals surface area contributed by atoms with Gasteiger partial charge in [0.1, 0.15) is 5.60 Å². The van der Waals surface area contributed by atoms with Gasteiger partial charge in [0.15, 0.2) is 0 Å². The zero-order valence-electron chi connectivity index (χ0n) is 8.76. The number of aromatic amines is 1. The Balaban J connectivity index is 3.15. The van der Waals surface area contributed by atoms with Gasteiger partial charge in [-0.3, -0.25) is 4.79 Å². The fraction of sp³-hybridized carbons (Fsp3) is 0.500. The Labute approximate surface area is 83.1 Å². The van der Waals surface area contributed by atoms with Crippen LogP contribution < -0.4 is 11.3 Å². The van der Waals surface area contributed by atoms with Gasteiger partial charge in [-0.15, -0.1) is 0 Å². The van der Waals surface area contributed by atoms with Gasteiger partial charge >= 0.3 is 0 Å². The quantitative estimate of drug-likeness (QED) is 0.748. The molecule has 1 aromatic heterocycles. The van der Waals surface area contributed by atoms with Crippen LogP contribution in [0.3, 0.4) is 0 Å². The highest BCUT2D eigenvalue weighted by Gasteiger charge is 2.20. The number of aromatic nitrogens is 1. The second kappa shape index (κ2) is 3.94. The second-order valence-electron chi connectivity index (χ2n) is 3.64. The van der Waals surface area contributed by atoms with Crippen LogP contribution in [-0.2, 0) is 16.9 Å². The third kappa shape index (κ3) is 2.02. The van der Waals surface area contributed by atoms with Gasteiger partial charge in [-0.2, -0.15) is 0 Å². The first-order valence-electron chi connectivity index (χ1n) is 4.49. The van der Waals surface area contributed by atoms with E-state index in [-0.39, 0.29) is 12.1 Å². The van der Waals surface area contributed by atoms with Crippen molar-refractivity contribution in [1.29, 1.82) is 0 Å². The monoisotopic (exact) mass is 196 g/mol. The molecule has 0 spiro atoms.